The molecular weight excluding hydrogens is 264 g/mol. The summed E-state index contributed by atoms with van der Waals surface area (Å²) >= 11 is 0. The van der Waals surface area contributed by atoms with Crippen LogP contribution in [0.5, 0.6) is 0 Å². The van der Waals surface area contributed by atoms with Crippen LogP contribution in [0.15, 0.2) is 76.9 Å². The number of hydrogen-bond acceptors (Lipinski definition) is 3. The van der Waals surface area contributed by atoms with E-state index in [9.17, 15) is 4.79 Å². The largest absolute Gasteiger partial charge is 0.477 e. The average Bonchev–Trinajstić information content (AvgIpc) is 2.53. The Hall–Kier alpha value is -2.88. The summed E-state index contributed by atoms with van der Waals surface area (Å²) in [5, 5.41) is 9.08. The van der Waals surface area contributed by atoms with Gasteiger partial charge in [0.2, 0.25) is 0 Å². The molecule has 2 rings (SSSR count). The maximum absolute atomic E-state index is 11.1. The SMILES string of the molecule is C/C(C(=Nc1ccccc1)c1ccccc1)=C(/N)C(=O)O. The number of carboxylic acid groups (broad SMARTS) is 1. The summed E-state index contributed by atoms with van der Waals surface area (Å²) in [5.41, 5.74) is 8.02. The van der Waals surface area contributed by atoms with Crippen LogP contribution in [-0.4, -0.2) is 16.8 Å². The lowest BCUT2D eigenvalue weighted by molar-refractivity contribution is -0.132. The van der Waals surface area contributed by atoms with Gasteiger partial charge in [0.05, 0.1) is 11.4 Å². The molecule has 0 atom stereocenters. The van der Waals surface area contributed by atoms with Crippen molar-refractivity contribution in [2.45, 2.75) is 6.92 Å². The van der Waals surface area contributed by atoms with E-state index >= 15 is 0 Å². The van der Waals surface area contributed by atoms with Crippen LogP contribution in [0.2, 0.25) is 0 Å². The molecule has 0 fully saturated rings. The van der Waals surface area contributed by atoms with Crippen LogP contribution in [0.3, 0.4) is 0 Å². The van der Waals surface area contributed by atoms with Gasteiger partial charge >= 0.3 is 5.97 Å². The smallest absolute Gasteiger partial charge is 0.352 e. The fourth-order valence-electron chi connectivity index (χ4n) is 1.88. The molecule has 21 heavy (non-hydrogen) atoms. The van der Waals surface area contributed by atoms with E-state index in [2.05, 4.69) is 4.99 Å². The Morgan fingerprint density at radius 1 is 1.00 bits per heavy atom. The number of nitrogens with two attached hydrogens (primary N) is 1. The topological polar surface area (TPSA) is 75.7 Å². The Labute approximate surface area is 123 Å². The molecule has 2 aromatic carbocycles. The monoisotopic (exact) mass is 280 g/mol. The number of rotatable bonds is 4. The molecule has 0 aliphatic carbocycles. The third kappa shape index (κ3) is 3.57. The van der Waals surface area contributed by atoms with Crippen LogP contribution in [0.25, 0.3) is 0 Å². The second-order valence-corrected chi connectivity index (χ2v) is 4.51. The minimum atomic E-state index is -1.15. The highest BCUT2D eigenvalue weighted by molar-refractivity contribution is 6.16. The lowest BCUT2D eigenvalue weighted by Gasteiger charge is -2.09. The number of allylic oxidation sites excluding steroid dienone is 1. The van der Waals surface area contributed by atoms with E-state index in [-0.39, 0.29) is 5.70 Å². The Morgan fingerprint density at radius 3 is 2.05 bits per heavy atom. The Morgan fingerprint density at radius 2 is 1.52 bits per heavy atom. The maximum atomic E-state index is 11.1. The standard InChI is InChI=1S/C17H16N2O2/c1-12(15(18)17(20)21)16(13-8-4-2-5-9-13)19-14-10-6-3-7-11-14/h2-11H,18H2,1H3,(H,20,21)/b15-12-,19-16?. The van der Waals surface area contributed by atoms with Crippen molar-refractivity contribution in [2.75, 3.05) is 0 Å². The predicted octanol–water partition coefficient (Wildman–Crippen LogP) is 3.12. The molecule has 0 bridgehead atoms. The number of carboxylic acids is 1. The van der Waals surface area contributed by atoms with E-state index in [0.29, 0.717) is 11.3 Å². The fraction of sp³-hybridized carbons (Fsp3) is 0.0588. The molecule has 0 aliphatic rings. The Balaban J connectivity index is 2.59. The first-order valence-electron chi connectivity index (χ1n) is 6.48. The van der Waals surface area contributed by atoms with Crippen LogP contribution in [0.1, 0.15) is 12.5 Å². The normalized spacial score (nSPS) is 12.7. The molecule has 0 spiro atoms. The van der Waals surface area contributed by atoms with Gasteiger partial charge in [-0.15, -0.1) is 0 Å². The molecule has 106 valence electrons. The summed E-state index contributed by atoms with van der Waals surface area (Å²) in [6, 6.07) is 18.8. The fourth-order valence-corrected chi connectivity index (χ4v) is 1.88. The second-order valence-electron chi connectivity index (χ2n) is 4.51. The van der Waals surface area contributed by atoms with Gasteiger partial charge in [-0.25, -0.2) is 9.79 Å². The third-order valence-corrected chi connectivity index (χ3v) is 3.03. The summed E-state index contributed by atoms with van der Waals surface area (Å²) in [4.78, 5) is 15.6. The van der Waals surface area contributed by atoms with Crippen LogP contribution in [-0.2, 0) is 4.79 Å². The van der Waals surface area contributed by atoms with Gasteiger partial charge in [-0.3, -0.25) is 0 Å². The van der Waals surface area contributed by atoms with Crippen molar-refractivity contribution < 1.29 is 9.90 Å². The summed E-state index contributed by atoms with van der Waals surface area (Å²) in [6.07, 6.45) is 0. The summed E-state index contributed by atoms with van der Waals surface area (Å²) in [5.74, 6) is -1.15. The van der Waals surface area contributed by atoms with Gasteiger partial charge in [0.1, 0.15) is 5.70 Å². The van der Waals surface area contributed by atoms with Gasteiger partial charge < -0.3 is 10.8 Å². The van der Waals surface area contributed by atoms with E-state index in [1.807, 2.05) is 60.7 Å². The first kappa shape index (κ1) is 14.5. The first-order valence-corrected chi connectivity index (χ1v) is 6.48. The van der Waals surface area contributed by atoms with Crippen molar-refractivity contribution >= 4 is 17.4 Å². The van der Waals surface area contributed by atoms with E-state index in [4.69, 9.17) is 10.8 Å². The molecule has 0 saturated heterocycles. The summed E-state index contributed by atoms with van der Waals surface area (Å²) in [7, 11) is 0. The van der Waals surface area contributed by atoms with Crippen molar-refractivity contribution in [3.63, 3.8) is 0 Å². The minimum absolute atomic E-state index is 0.200. The van der Waals surface area contributed by atoms with Crippen LogP contribution in [0.4, 0.5) is 5.69 Å². The summed E-state index contributed by atoms with van der Waals surface area (Å²) < 4.78 is 0. The van der Waals surface area contributed by atoms with E-state index in [1.165, 1.54) is 0 Å². The van der Waals surface area contributed by atoms with Gasteiger partial charge in [0.25, 0.3) is 0 Å². The zero-order valence-corrected chi connectivity index (χ0v) is 11.7. The van der Waals surface area contributed by atoms with Crippen LogP contribution < -0.4 is 5.73 Å². The number of aliphatic carboxylic acids is 1. The van der Waals surface area contributed by atoms with E-state index in [0.717, 1.165) is 11.3 Å². The van der Waals surface area contributed by atoms with Gasteiger partial charge in [-0.1, -0.05) is 48.5 Å². The molecular formula is C17H16N2O2. The van der Waals surface area contributed by atoms with Gasteiger partial charge in [0.15, 0.2) is 0 Å². The van der Waals surface area contributed by atoms with Crippen molar-refractivity contribution in [1.29, 1.82) is 0 Å². The van der Waals surface area contributed by atoms with E-state index in [1.54, 1.807) is 6.92 Å². The number of hydrogen-bond donors (Lipinski definition) is 2. The number of benzene rings is 2. The van der Waals surface area contributed by atoms with Crippen molar-refractivity contribution in [3.8, 4) is 0 Å². The molecule has 0 aliphatic heterocycles. The zero-order valence-electron chi connectivity index (χ0n) is 11.7. The quantitative estimate of drug-likeness (QED) is 0.667. The molecule has 0 amide bonds. The van der Waals surface area contributed by atoms with Gasteiger partial charge in [-0.05, 0) is 19.1 Å². The number of carbonyl (C=O) groups is 1. The highest BCUT2D eigenvalue weighted by Gasteiger charge is 2.14. The second kappa shape index (κ2) is 6.52. The molecule has 0 aromatic heterocycles. The highest BCUT2D eigenvalue weighted by Crippen LogP contribution is 2.18. The molecule has 3 N–H and O–H groups in total. The molecule has 0 saturated carbocycles. The molecule has 0 radical (unpaired) electrons. The first-order chi connectivity index (χ1) is 10.1. The van der Waals surface area contributed by atoms with Gasteiger partial charge in [0, 0.05) is 11.1 Å². The average molecular weight is 280 g/mol. The molecule has 0 unspecified atom stereocenters. The Bertz CT molecular complexity index is 689. The third-order valence-electron chi connectivity index (χ3n) is 3.03. The summed E-state index contributed by atoms with van der Waals surface area (Å²) in [6.45, 7) is 1.66. The molecule has 4 nitrogen and oxygen atoms in total. The van der Waals surface area contributed by atoms with E-state index < -0.39 is 5.97 Å². The lowest BCUT2D eigenvalue weighted by Crippen LogP contribution is -2.17. The maximum Gasteiger partial charge on any atom is 0.352 e. The predicted molar refractivity (Wildman–Crippen MR) is 83.6 cm³/mol. The van der Waals surface area contributed by atoms with Crippen molar-refractivity contribution in [3.05, 3.63) is 77.5 Å². The number of para-hydroxylation sites is 1. The molecule has 0 heterocycles. The van der Waals surface area contributed by atoms with Crippen molar-refractivity contribution in [2.24, 2.45) is 10.7 Å². The molecule has 2 aromatic rings. The van der Waals surface area contributed by atoms with Gasteiger partial charge in [-0.2, -0.15) is 0 Å². The Kier molecular flexibility index (Phi) is 4.51. The van der Waals surface area contributed by atoms with Crippen LogP contribution in [0, 0.1) is 0 Å². The van der Waals surface area contributed by atoms with Crippen LogP contribution >= 0.6 is 0 Å². The number of nitrogens with zero attached hydrogens (tertiary/aromatic N) is 1. The zero-order chi connectivity index (χ0) is 15.2. The molecule has 4 heteroatoms. The minimum Gasteiger partial charge on any atom is -0.477 e. The highest BCUT2D eigenvalue weighted by atomic mass is 16.4. The van der Waals surface area contributed by atoms with Crippen molar-refractivity contribution in [1.82, 2.24) is 0 Å². The number of aliphatic imine (C=N–C) groups is 1. The lowest BCUT2D eigenvalue weighted by atomic mass is 10.0.